The SMILES string of the molecule is CC(=O)N1CCN(C(=O)CCNc2cccc(F)c2[N+](=O)[O-])CC1. The summed E-state index contributed by atoms with van der Waals surface area (Å²) in [5.41, 5.74) is -0.575. The summed E-state index contributed by atoms with van der Waals surface area (Å²) in [4.78, 5) is 36.8. The van der Waals surface area contributed by atoms with Gasteiger partial charge in [0.25, 0.3) is 0 Å². The van der Waals surface area contributed by atoms with Gasteiger partial charge in [-0.25, -0.2) is 0 Å². The first-order chi connectivity index (χ1) is 11.4. The normalized spacial score (nSPS) is 14.4. The number of hydrogen-bond donors (Lipinski definition) is 1. The molecule has 1 saturated heterocycles. The van der Waals surface area contributed by atoms with Crippen LogP contribution >= 0.6 is 0 Å². The molecule has 1 aromatic carbocycles. The Balaban J connectivity index is 1.85. The van der Waals surface area contributed by atoms with E-state index in [0.717, 1.165) is 6.07 Å². The van der Waals surface area contributed by atoms with Gasteiger partial charge < -0.3 is 15.1 Å². The summed E-state index contributed by atoms with van der Waals surface area (Å²) in [7, 11) is 0. The van der Waals surface area contributed by atoms with Crippen LogP contribution in [0.2, 0.25) is 0 Å². The third-order valence-electron chi connectivity index (χ3n) is 3.90. The van der Waals surface area contributed by atoms with Crippen molar-refractivity contribution in [3.63, 3.8) is 0 Å². The van der Waals surface area contributed by atoms with Gasteiger partial charge in [0.05, 0.1) is 4.92 Å². The minimum absolute atomic E-state index is 0.0119. The molecule has 1 fully saturated rings. The lowest BCUT2D eigenvalue weighted by atomic mass is 10.2. The molecular weight excluding hydrogens is 319 g/mol. The Morgan fingerprint density at radius 1 is 1.25 bits per heavy atom. The van der Waals surface area contributed by atoms with E-state index in [9.17, 15) is 24.1 Å². The van der Waals surface area contributed by atoms with E-state index in [0.29, 0.717) is 26.2 Å². The fourth-order valence-corrected chi connectivity index (χ4v) is 2.58. The molecule has 0 bridgehead atoms. The van der Waals surface area contributed by atoms with Crippen molar-refractivity contribution in [2.24, 2.45) is 0 Å². The molecule has 0 unspecified atom stereocenters. The summed E-state index contributed by atoms with van der Waals surface area (Å²) >= 11 is 0. The minimum Gasteiger partial charge on any atom is -0.379 e. The van der Waals surface area contributed by atoms with Crippen LogP contribution in [0.5, 0.6) is 0 Å². The Morgan fingerprint density at radius 2 is 1.88 bits per heavy atom. The van der Waals surface area contributed by atoms with E-state index in [1.54, 1.807) is 9.80 Å². The summed E-state index contributed by atoms with van der Waals surface area (Å²) in [5, 5.41) is 13.6. The molecule has 1 aliphatic rings. The molecule has 0 radical (unpaired) electrons. The third-order valence-corrected chi connectivity index (χ3v) is 3.90. The lowest BCUT2D eigenvalue weighted by molar-refractivity contribution is -0.386. The van der Waals surface area contributed by atoms with Crippen LogP contribution in [0.15, 0.2) is 18.2 Å². The van der Waals surface area contributed by atoms with Gasteiger partial charge in [0.1, 0.15) is 5.69 Å². The number of nitro groups is 1. The van der Waals surface area contributed by atoms with Gasteiger partial charge in [-0.1, -0.05) is 6.07 Å². The van der Waals surface area contributed by atoms with Crippen LogP contribution in [-0.2, 0) is 9.59 Å². The highest BCUT2D eigenvalue weighted by Gasteiger charge is 2.23. The number of rotatable bonds is 5. The van der Waals surface area contributed by atoms with E-state index in [1.165, 1.54) is 19.1 Å². The average Bonchev–Trinajstić information content (AvgIpc) is 2.54. The number of nitro benzene ring substituents is 1. The summed E-state index contributed by atoms with van der Waals surface area (Å²) in [6.45, 7) is 3.61. The van der Waals surface area contributed by atoms with Crippen LogP contribution in [0, 0.1) is 15.9 Å². The minimum atomic E-state index is -0.920. The average molecular weight is 338 g/mol. The van der Waals surface area contributed by atoms with Crippen LogP contribution in [-0.4, -0.2) is 59.3 Å². The molecule has 2 amide bonds. The molecule has 1 heterocycles. The van der Waals surface area contributed by atoms with Crippen molar-refractivity contribution in [3.8, 4) is 0 Å². The number of carbonyl (C=O) groups is 2. The number of piperazine rings is 1. The largest absolute Gasteiger partial charge is 0.379 e. The summed E-state index contributed by atoms with van der Waals surface area (Å²) in [6, 6.07) is 3.79. The second kappa shape index (κ2) is 7.71. The zero-order valence-electron chi connectivity index (χ0n) is 13.3. The van der Waals surface area contributed by atoms with Crippen LogP contribution in [0.3, 0.4) is 0 Å². The molecule has 1 N–H and O–H groups in total. The number of carbonyl (C=O) groups excluding carboxylic acids is 2. The number of para-hydroxylation sites is 1. The van der Waals surface area contributed by atoms with Gasteiger partial charge in [0.2, 0.25) is 17.6 Å². The fourth-order valence-electron chi connectivity index (χ4n) is 2.58. The van der Waals surface area contributed by atoms with Crippen molar-refractivity contribution in [2.75, 3.05) is 38.0 Å². The summed E-state index contributed by atoms with van der Waals surface area (Å²) in [6.07, 6.45) is 0.133. The van der Waals surface area contributed by atoms with Gasteiger partial charge in [0, 0.05) is 46.1 Å². The highest BCUT2D eigenvalue weighted by atomic mass is 19.1. The standard InChI is InChI=1S/C15H19FN4O4/c1-11(21)18-7-9-19(10-8-18)14(22)5-6-17-13-4-2-3-12(16)15(13)20(23)24/h2-4,17H,5-10H2,1H3. The van der Waals surface area contributed by atoms with E-state index in [2.05, 4.69) is 5.32 Å². The maximum absolute atomic E-state index is 13.5. The first kappa shape index (κ1) is 17.6. The van der Waals surface area contributed by atoms with Crippen LogP contribution in [0.4, 0.5) is 15.8 Å². The number of halogens is 1. The number of nitrogens with one attached hydrogen (secondary N) is 1. The van der Waals surface area contributed by atoms with Gasteiger partial charge in [-0.2, -0.15) is 4.39 Å². The molecule has 2 rings (SSSR count). The molecule has 0 saturated carbocycles. The van der Waals surface area contributed by atoms with Gasteiger partial charge in [-0.15, -0.1) is 0 Å². The number of hydrogen-bond acceptors (Lipinski definition) is 5. The van der Waals surface area contributed by atoms with Gasteiger partial charge in [-0.3, -0.25) is 19.7 Å². The maximum Gasteiger partial charge on any atom is 0.327 e. The number of nitrogens with zero attached hydrogens (tertiary/aromatic N) is 3. The molecule has 9 heteroatoms. The van der Waals surface area contributed by atoms with Gasteiger partial charge in [0.15, 0.2) is 0 Å². The zero-order chi connectivity index (χ0) is 17.7. The van der Waals surface area contributed by atoms with E-state index in [-0.39, 0.29) is 30.5 Å². The van der Waals surface area contributed by atoms with Crippen LogP contribution < -0.4 is 5.32 Å². The Kier molecular flexibility index (Phi) is 5.67. The molecule has 130 valence electrons. The lowest BCUT2D eigenvalue weighted by Gasteiger charge is -2.34. The molecule has 1 aliphatic heterocycles. The Hall–Kier alpha value is -2.71. The first-order valence-electron chi connectivity index (χ1n) is 7.60. The molecule has 0 aliphatic carbocycles. The molecular formula is C15H19FN4O4. The second-order valence-electron chi connectivity index (χ2n) is 5.46. The Morgan fingerprint density at radius 3 is 2.46 bits per heavy atom. The summed E-state index contributed by atoms with van der Waals surface area (Å²) < 4.78 is 13.5. The van der Waals surface area contributed by atoms with Crippen molar-refractivity contribution in [1.29, 1.82) is 0 Å². The first-order valence-corrected chi connectivity index (χ1v) is 7.60. The number of amides is 2. The molecule has 8 nitrogen and oxygen atoms in total. The number of benzene rings is 1. The monoisotopic (exact) mass is 338 g/mol. The van der Waals surface area contributed by atoms with E-state index in [4.69, 9.17) is 0 Å². The molecule has 0 atom stereocenters. The smallest absolute Gasteiger partial charge is 0.327 e. The molecule has 0 spiro atoms. The Bertz CT molecular complexity index is 644. The third kappa shape index (κ3) is 4.18. The predicted molar refractivity (Wildman–Crippen MR) is 85.0 cm³/mol. The van der Waals surface area contributed by atoms with Crippen LogP contribution in [0.1, 0.15) is 13.3 Å². The fraction of sp³-hybridized carbons (Fsp3) is 0.467. The molecule has 1 aromatic rings. The van der Waals surface area contributed by atoms with Crippen molar-refractivity contribution in [2.45, 2.75) is 13.3 Å². The molecule has 0 aromatic heterocycles. The Labute approximate surface area is 138 Å². The quantitative estimate of drug-likeness (QED) is 0.643. The van der Waals surface area contributed by atoms with Crippen LogP contribution in [0.25, 0.3) is 0 Å². The zero-order valence-corrected chi connectivity index (χ0v) is 13.3. The van der Waals surface area contributed by atoms with Gasteiger partial charge in [-0.05, 0) is 12.1 Å². The van der Waals surface area contributed by atoms with Crippen molar-refractivity contribution >= 4 is 23.2 Å². The highest BCUT2D eigenvalue weighted by molar-refractivity contribution is 5.78. The van der Waals surface area contributed by atoms with Gasteiger partial charge >= 0.3 is 5.69 Å². The highest BCUT2D eigenvalue weighted by Crippen LogP contribution is 2.27. The van der Waals surface area contributed by atoms with Crippen molar-refractivity contribution in [3.05, 3.63) is 34.1 Å². The van der Waals surface area contributed by atoms with E-state index in [1.807, 2.05) is 0 Å². The summed E-state index contributed by atoms with van der Waals surface area (Å²) in [5.74, 6) is -1.04. The number of anilines is 1. The topological polar surface area (TPSA) is 95.8 Å². The van der Waals surface area contributed by atoms with E-state index >= 15 is 0 Å². The van der Waals surface area contributed by atoms with Crippen molar-refractivity contribution in [1.82, 2.24) is 9.80 Å². The van der Waals surface area contributed by atoms with E-state index < -0.39 is 16.4 Å². The lowest BCUT2D eigenvalue weighted by Crippen LogP contribution is -2.50. The maximum atomic E-state index is 13.5. The van der Waals surface area contributed by atoms with Crippen molar-refractivity contribution < 1.29 is 18.9 Å². The second-order valence-corrected chi connectivity index (χ2v) is 5.46. The molecule has 24 heavy (non-hydrogen) atoms. The predicted octanol–water partition coefficient (Wildman–Crippen LogP) is 1.23.